The number of thioether (sulfide) groups is 1. The van der Waals surface area contributed by atoms with Gasteiger partial charge in [0.15, 0.2) is 5.78 Å². The average molecular weight is 279 g/mol. The van der Waals surface area contributed by atoms with Gasteiger partial charge in [0, 0.05) is 13.1 Å². The summed E-state index contributed by atoms with van der Waals surface area (Å²) >= 11 is 1.33. The molecule has 5 nitrogen and oxygen atoms in total. The van der Waals surface area contributed by atoms with Gasteiger partial charge in [-0.1, -0.05) is 11.8 Å². The van der Waals surface area contributed by atoms with Crippen molar-refractivity contribution >= 4 is 23.5 Å². The highest BCUT2D eigenvalue weighted by atomic mass is 32.2. The van der Waals surface area contributed by atoms with Gasteiger partial charge in [0.25, 0.3) is 0 Å². The largest absolute Gasteiger partial charge is 0.342 e. The van der Waals surface area contributed by atoms with Crippen LogP contribution in [0.5, 0.6) is 0 Å². The van der Waals surface area contributed by atoms with Crippen molar-refractivity contribution in [3.63, 3.8) is 0 Å². The van der Waals surface area contributed by atoms with Crippen LogP contribution in [0.1, 0.15) is 35.2 Å². The lowest BCUT2D eigenvalue weighted by molar-refractivity contribution is -0.131. The van der Waals surface area contributed by atoms with Gasteiger partial charge in [-0.2, -0.15) is 0 Å². The fraction of sp³-hybridized carbons (Fsp3) is 0.538. The fourth-order valence-corrected chi connectivity index (χ4v) is 3.05. The molecule has 0 aromatic carbocycles. The fourth-order valence-electron chi connectivity index (χ4n) is 1.98. The summed E-state index contributed by atoms with van der Waals surface area (Å²) in [5.74, 6) is 1.01. The predicted octanol–water partition coefficient (Wildman–Crippen LogP) is 1.62. The van der Waals surface area contributed by atoms with E-state index in [9.17, 15) is 9.59 Å². The number of amides is 1. The Hall–Kier alpha value is -1.43. The molecule has 102 valence electrons. The molecular weight excluding hydrogens is 262 g/mol. The first-order chi connectivity index (χ1) is 8.99. The molecule has 0 bridgehead atoms. The predicted molar refractivity (Wildman–Crippen MR) is 73.4 cm³/mol. The quantitative estimate of drug-likeness (QED) is 0.476. The maximum atomic E-state index is 11.8. The summed E-state index contributed by atoms with van der Waals surface area (Å²) in [5, 5.41) is 0.617. The lowest BCUT2D eigenvalue weighted by Crippen LogP contribution is -2.43. The number of aromatic nitrogens is 2. The number of aryl methyl sites for hydroxylation is 2. The second-order valence-electron chi connectivity index (χ2n) is 4.62. The van der Waals surface area contributed by atoms with Crippen LogP contribution in [-0.2, 0) is 4.79 Å². The van der Waals surface area contributed by atoms with Gasteiger partial charge in [0.1, 0.15) is 10.9 Å². The third kappa shape index (κ3) is 3.12. The van der Waals surface area contributed by atoms with Crippen LogP contribution in [0.3, 0.4) is 0 Å². The minimum atomic E-state index is -0.0589. The first-order valence-corrected chi connectivity index (χ1v) is 7.24. The summed E-state index contributed by atoms with van der Waals surface area (Å²) in [4.78, 5) is 33.8. The number of ketones is 1. The first kappa shape index (κ1) is 14.0. The minimum absolute atomic E-state index is 0.0589. The Kier molecular flexibility index (Phi) is 4.19. The standard InChI is InChI=1S/C13H17N3O2S/c1-8-12(9(2)17)13(15-10(3)14-8)19-7-11(18)16-5-4-6-16/h4-7H2,1-3H3. The maximum absolute atomic E-state index is 11.8. The molecule has 0 unspecified atom stereocenters. The lowest BCUT2D eigenvalue weighted by Gasteiger charge is -2.30. The van der Waals surface area contributed by atoms with Gasteiger partial charge in [0.2, 0.25) is 5.91 Å². The van der Waals surface area contributed by atoms with Crippen molar-refractivity contribution in [1.29, 1.82) is 0 Å². The molecule has 1 amide bonds. The van der Waals surface area contributed by atoms with Crippen LogP contribution in [0.25, 0.3) is 0 Å². The molecule has 0 N–H and O–H groups in total. The summed E-state index contributed by atoms with van der Waals surface area (Å²) in [7, 11) is 0. The Bertz CT molecular complexity index is 527. The molecule has 0 aliphatic carbocycles. The van der Waals surface area contributed by atoms with Gasteiger partial charge in [0.05, 0.1) is 17.0 Å². The van der Waals surface area contributed by atoms with Crippen molar-refractivity contribution in [2.24, 2.45) is 0 Å². The monoisotopic (exact) mass is 279 g/mol. The van der Waals surface area contributed by atoms with Crippen LogP contribution in [0.2, 0.25) is 0 Å². The van der Waals surface area contributed by atoms with E-state index in [1.165, 1.54) is 18.7 Å². The van der Waals surface area contributed by atoms with Crippen LogP contribution in [-0.4, -0.2) is 45.4 Å². The Balaban J connectivity index is 2.14. The van der Waals surface area contributed by atoms with E-state index in [0.29, 0.717) is 27.9 Å². The molecule has 2 heterocycles. The van der Waals surface area contributed by atoms with Gasteiger partial charge in [-0.05, 0) is 27.2 Å². The Morgan fingerprint density at radius 3 is 2.47 bits per heavy atom. The van der Waals surface area contributed by atoms with Crippen LogP contribution < -0.4 is 0 Å². The molecule has 0 spiro atoms. The molecule has 1 aliphatic rings. The number of carbonyl (C=O) groups is 2. The third-order valence-electron chi connectivity index (χ3n) is 3.06. The zero-order valence-corrected chi connectivity index (χ0v) is 12.2. The molecule has 19 heavy (non-hydrogen) atoms. The van der Waals surface area contributed by atoms with Crippen molar-refractivity contribution in [2.75, 3.05) is 18.8 Å². The van der Waals surface area contributed by atoms with Crippen molar-refractivity contribution < 1.29 is 9.59 Å². The van der Waals surface area contributed by atoms with Gasteiger partial charge in [-0.25, -0.2) is 9.97 Å². The van der Waals surface area contributed by atoms with E-state index >= 15 is 0 Å². The van der Waals surface area contributed by atoms with Gasteiger partial charge in [-0.3, -0.25) is 9.59 Å². The van der Waals surface area contributed by atoms with Crippen molar-refractivity contribution in [1.82, 2.24) is 14.9 Å². The van der Waals surface area contributed by atoms with E-state index in [4.69, 9.17) is 0 Å². The summed E-state index contributed by atoms with van der Waals surface area (Å²) in [5.41, 5.74) is 1.21. The Morgan fingerprint density at radius 1 is 1.26 bits per heavy atom. The molecule has 1 aromatic heterocycles. The second kappa shape index (κ2) is 5.69. The first-order valence-electron chi connectivity index (χ1n) is 6.26. The van der Waals surface area contributed by atoms with E-state index < -0.39 is 0 Å². The molecule has 0 saturated carbocycles. The van der Waals surface area contributed by atoms with Crippen molar-refractivity contribution in [3.05, 3.63) is 17.1 Å². The summed E-state index contributed by atoms with van der Waals surface area (Å²) in [6.07, 6.45) is 1.08. The van der Waals surface area contributed by atoms with Crippen molar-refractivity contribution in [2.45, 2.75) is 32.2 Å². The Labute approximate surface area is 116 Å². The smallest absolute Gasteiger partial charge is 0.232 e. The van der Waals surface area contributed by atoms with Crippen LogP contribution in [0.15, 0.2) is 5.03 Å². The molecule has 2 rings (SSSR count). The molecule has 1 aromatic rings. The van der Waals surface area contributed by atoms with Gasteiger partial charge < -0.3 is 4.90 Å². The van der Waals surface area contributed by atoms with Gasteiger partial charge >= 0.3 is 0 Å². The van der Waals surface area contributed by atoms with E-state index in [2.05, 4.69) is 9.97 Å². The SMILES string of the molecule is CC(=O)c1c(C)nc(C)nc1SCC(=O)N1CCC1. The third-order valence-corrected chi connectivity index (χ3v) is 4.02. The highest BCUT2D eigenvalue weighted by Gasteiger charge is 2.22. The van der Waals surface area contributed by atoms with Crippen LogP contribution in [0.4, 0.5) is 0 Å². The van der Waals surface area contributed by atoms with E-state index in [1.807, 2.05) is 4.90 Å². The van der Waals surface area contributed by atoms with Crippen LogP contribution >= 0.6 is 11.8 Å². The molecule has 1 fully saturated rings. The maximum Gasteiger partial charge on any atom is 0.232 e. The summed E-state index contributed by atoms with van der Waals surface area (Å²) < 4.78 is 0. The number of carbonyl (C=O) groups excluding carboxylic acids is 2. The zero-order valence-electron chi connectivity index (χ0n) is 11.4. The molecule has 1 saturated heterocycles. The number of nitrogens with zero attached hydrogens (tertiary/aromatic N) is 3. The molecule has 0 atom stereocenters. The average Bonchev–Trinajstić information content (AvgIpc) is 2.22. The highest BCUT2D eigenvalue weighted by molar-refractivity contribution is 8.00. The molecule has 1 aliphatic heterocycles. The second-order valence-corrected chi connectivity index (χ2v) is 5.58. The number of Topliss-reactive ketones (excluding diaryl/α,β-unsaturated/α-hetero) is 1. The topological polar surface area (TPSA) is 63.2 Å². The van der Waals surface area contributed by atoms with E-state index in [-0.39, 0.29) is 11.7 Å². The van der Waals surface area contributed by atoms with Gasteiger partial charge in [-0.15, -0.1) is 0 Å². The lowest BCUT2D eigenvalue weighted by atomic mass is 10.2. The normalized spacial score (nSPS) is 14.2. The van der Waals surface area contributed by atoms with Crippen molar-refractivity contribution in [3.8, 4) is 0 Å². The molecule has 0 radical (unpaired) electrons. The van der Waals surface area contributed by atoms with E-state index in [0.717, 1.165) is 19.5 Å². The minimum Gasteiger partial charge on any atom is -0.342 e. The number of rotatable bonds is 4. The number of likely N-dealkylation sites (tertiary alicyclic amines) is 1. The Morgan fingerprint density at radius 2 is 1.95 bits per heavy atom. The number of hydrogen-bond acceptors (Lipinski definition) is 5. The molecular formula is C13H17N3O2S. The summed E-state index contributed by atoms with van der Waals surface area (Å²) in [6, 6.07) is 0. The van der Waals surface area contributed by atoms with Crippen LogP contribution in [0, 0.1) is 13.8 Å². The number of hydrogen-bond donors (Lipinski definition) is 0. The summed E-state index contributed by atoms with van der Waals surface area (Å²) in [6.45, 7) is 6.79. The molecule has 6 heteroatoms. The highest BCUT2D eigenvalue weighted by Crippen LogP contribution is 2.24. The van der Waals surface area contributed by atoms with E-state index in [1.54, 1.807) is 13.8 Å². The zero-order chi connectivity index (χ0) is 14.0.